The number of amides is 1. The molecule has 2 aromatic carbocycles. The maximum Gasteiger partial charge on any atom is 0.407 e. The molecule has 1 aliphatic carbocycles. The predicted molar refractivity (Wildman–Crippen MR) is 89.8 cm³/mol. The van der Waals surface area contributed by atoms with Crippen molar-refractivity contribution in [3.05, 3.63) is 71.5 Å². The van der Waals surface area contributed by atoms with Crippen LogP contribution in [0.3, 0.4) is 0 Å². The number of hydrogen-bond acceptors (Lipinski definition) is 3. The summed E-state index contributed by atoms with van der Waals surface area (Å²) in [5, 5.41) is 6.23. The number of halogens is 1. The van der Waals surface area contributed by atoms with Crippen molar-refractivity contribution in [2.45, 2.75) is 38.1 Å². The summed E-state index contributed by atoms with van der Waals surface area (Å²) in [6.07, 6.45) is 1.33. The maximum atomic E-state index is 13.1. The Morgan fingerprint density at radius 1 is 1.04 bits per heavy atom. The second kappa shape index (κ2) is 7.93. The molecule has 1 fully saturated rings. The Hall–Kier alpha value is -2.40. The van der Waals surface area contributed by atoms with E-state index in [0.717, 1.165) is 24.0 Å². The molecule has 0 radical (unpaired) electrons. The van der Waals surface area contributed by atoms with Crippen LogP contribution in [0.1, 0.15) is 24.0 Å². The van der Waals surface area contributed by atoms with Crippen LogP contribution in [0.25, 0.3) is 0 Å². The third-order valence-corrected chi connectivity index (χ3v) is 4.16. The zero-order valence-corrected chi connectivity index (χ0v) is 13.4. The van der Waals surface area contributed by atoms with Crippen molar-refractivity contribution < 1.29 is 13.9 Å². The quantitative estimate of drug-likeness (QED) is 0.855. The van der Waals surface area contributed by atoms with Crippen LogP contribution in [-0.2, 0) is 17.9 Å². The number of ether oxygens (including phenoxy) is 1. The molecule has 5 heteroatoms. The molecule has 24 heavy (non-hydrogen) atoms. The van der Waals surface area contributed by atoms with Gasteiger partial charge >= 0.3 is 6.09 Å². The maximum absolute atomic E-state index is 13.1. The fraction of sp³-hybridized carbons (Fsp3) is 0.316. The van der Waals surface area contributed by atoms with Gasteiger partial charge in [0.15, 0.2) is 0 Å². The largest absolute Gasteiger partial charge is 0.445 e. The number of hydrogen-bond donors (Lipinski definition) is 2. The first-order valence-electron chi connectivity index (χ1n) is 8.14. The standard InChI is InChI=1S/C19H21FN2O2/c20-16-8-4-7-15(9-16)12-21-17-10-18(11-17)22-19(23)24-13-14-5-2-1-3-6-14/h1-9,17-18,21H,10-13H2,(H,22,23). The van der Waals surface area contributed by atoms with E-state index in [1.807, 2.05) is 36.4 Å². The van der Waals surface area contributed by atoms with Crippen LogP contribution >= 0.6 is 0 Å². The smallest absolute Gasteiger partial charge is 0.407 e. The highest BCUT2D eigenvalue weighted by Crippen LogP contribution is 2.20. The minimum atomic E-state index is -0.382. The topological polar surface area (TPSA) is 50.4 Å². The fourth-order valence-electron chi connectivity index (χ4n) is 2.74. The summed E-state index contributed by atoms with van der Waals surface area (Å²) in [6.45, 7) is 0.911. The van der Waals surface area contributed by atoms with Crippen LogP contribution in [-0.4, -0.2) is 18.2 Å². The van der Waals surface area contributed by atoms with Crippen LogP contribution in [0.2, 0.25) is 0 Å². The van der Waals surface area contributed by atoms with Crippen molar-refractivity contribution in [1.82, 2.24) is 10.6 Å². The number of nitrogens with one attached hydrogen (secondary N) is 2. The van der Waals surface area contributed by atoms with Crippen molar-refractivity contribution in [2.75, 3.05) is 0 Å². The molecule has 1 aliphatic rings. The lowest BCUT2D eigenvalue weighted by Crippen LogP contribution is -2.52. The van der Waals surface area contributed by atoms with Crippen LogP contribution in [0, 0.1) is 5.82 Å². The van der Waals surface area contributed by atoms with E-state index in [-0.39, 0.29) is 24.6 Å². The molecule has 0 aliphatic heterocycles. The average Bonchev–Trinajstić information content (AvgIpc) is 2.56. The molecule has 1 saturated carbocycles. The van der Waals surface area contributed by atoms with E-state index < -0.39 is 0 Å². The molecule has 0 spiro atoms. The molecular formula is C19H21FN2O2. The number of carbonyl (C=O) groups excluding carboxylic acids is 1. The van der Waals surface area contributed by atoms with Crippen molar-refractivity contribution in [2.24, 2.45) is 0 Å². The van der Waals surface area contributed by atoms with Crippen molar-refractivity contribution >= 4 is 6.09 Å². The van der Waals surface area contributed by atoms with Crippen LogP contribution < -0.4 is 10.6 Å². The predicted octanol–water partition coefficient (Wildman–Crippen LogP) is 3.37. The number of rotatable bonds is 6. The molecule has 0 saturated heterocycles. The van der Waals surface area contributed by atoms with Crippen LogP contribution in [0.15, 0.2) is 54.6 Å². The fourth-order valence-corrected chi connectivity index (χ4v) is 2.74. The Bertz CT molecular complexity index is 672. The number of carbonyl (C=O) groups is 1. The summed E-state index contributed by atoms with van der Waals surface area (Å²) in [6, 6.07) is 16.6. The molecule has 0 aromatic heterocycles. The summed E-state index contributed by atoms with van der Waals surface area (Å²) < 4.78 is 18.3. The highest BCUT2D eigenvalue weighted by atomic mass is 19.1. The minimum absolute atomic E-state index is 0.137. The molecule has 0 bridgehead atoms. The highest BCUT2D eigenvalue weighted by Gasteiger charge is 2.30. The Labute approximate surface area is 141 Å². The summed E-state index contributed by atoms with van der Waals surface area (Å²) >= 11 is 0. The third-order valence-electron chi connectivity index (χ3n) is 4.16. The van der Waals surface area contributed by atoms with Gasteiger partial charge in [0.2, 0.25) is 0 Å². The Morgan fingerprint density at radius 2 is 1.79 bits per heavy atom. The van der Waals surface area contributed by atoms with E-state index >= 15 is 0 Å². The Kier molecular flexibility index (Phi) is 5.43. The molecule has 0 unspecified atom stereocenters. The second-order valence-electron chi connectivity index (χ2n) is 6.08. The van der Waals surface area contributed by atoms with E-state index in [2.05, 4.69) is 10.6 Å². The minimum Gasteiger partial charge on any atom is -0.445 e. The van der Waals surface area contributed by atoms with Crippen molar-refractivity contribution in [1.29, 1.82) is 0 Å². The van der Waals surface area contributed by atoms with E-state index in [9.17, 15) is 9.18 Å². The van der Waals surface area contributed by atoms with Gasteiger partial charge in [-0.3, -0.25) is 0 Å². The molecular weight excluding hydrogens is 307 g/mol. The van der Waals surface area contributed by atoms with E-state index in [1.165, 1.54) is 12.1 Å². The normalized spacial score (nSPS) is 19.4. The van der Waals surface area contributed by atoms with Gasteiger partial charge in [-0.15, -0.1) is 0 Å². The molecule has 1 amide bonds. The number of alkyl carbamates (subject to hydrolysis) is 1. The van der Waals surface area contributed by atoms with Gasteiger partial charge in [-0.2, -0.15) is 0 Å². The van der Waals surface area contributed by atoms with E-state index in [4.69, 9.17) is 4.74 Å². The van der Waals surface area contributed by atoms with Gasteiger partial charge in [-0.25, -0.2) is 9.18 Å². The van der Waals surface area contributed by atoms with Crippen LogP contribution in [0.5, 0.6) is 0 Å². The highest BCUT2D eigenvalue weighted by molar-refractivity contribution is 5.67. The molecule has 2 aromatic rings. The number of benzene rings is 2. The van der Waals surface area contributed by atoms with E-state index in [0.29, 0.717) is 12.6 Å². The first-order valence-corrected chi connectivity index (χ1v) is 8.14. The van der Waals surface area contributed by atoms with Gasteiger partial charge < -0.3 is 15.4 Å². The first kappa shape index (κ1) is 16.5. The van der Waals surface area contributed by atoms with Gasteiger partial charge in [-0.05, 0) is 36.1 Å². The lowest BCUT2D eigenvalue weighted by molar-refractivity contribution is 0.125. The summed E-state index contributed by atoms with van der Waals surface area (Å²) in [5.41, 5.74) is 1.89. The zero-order chi connectivity index (χ0) is 16.8. The van der Waals surface area contributed by atoms with Crippen LogP contribution in [0.4, 0.5) is 9.18 Å². The monoisotopic (exact) mass is 328 g/mol. The van der Waals surface area contributed by atoms with Gasteiger partial charge in [0.05, 0.1) is 0 Å². The summed E-state index contributed by atoms with van der Waals surface area (Å²) in [4.78, 5) is 11.7. The lowest BCUT2D eigenvalue weighted by Gasteiger charge is -2.36. The summed E-state index contributed by atoms with van der Waals surface area (Å²) in [5.74, 6) is -0.219. The molecule has 2 N–H and O–H groups in total. The molecule has 0 atom stereocenters. The third kappa shape index (κ3) is 4.80. The SMILES string of the molecule is O=C(NC1CC(NCc2cccc(F)c2)C1)OCc1ccccc1. The average molecular weight is 328 g/mol. The van der Waals surface area contributed by atoms with Gasteiger partial charge in [0.1, 0.15) is 12.4 Å². The van der Waals surface area contributed by atoms with Gasteiger partial charge in [0.25, 0.3) is 0 Å². The molecule has 126 valence electrons. The molecule has 4 nitrogen and oxygen atoms in total. The van der Waals surface area contributed by atoms with Gasteiger partial charge in [0, 0.05) is 18.6 Å². The van der Waals surface area contributed by atoms with E-state index in [1.54, 1.807) is 6.07 Å². The summed E-state index contributed by atoms with van der Waals surface area (Å²) in [7, 11) is 0. The molecule has 3 rings (SSSR count). The molecule has 0 heterocycles. The van der Waals surface area contributed by atoms with Gasteiger partial charge in [-0.1, -0.05) is 42.5 Å². The second-order valence-corrected chi connectivity index (χ2v) is 6.08. The van der Waals surface area contributed by atoms with Crippen molar-refractivity contribution in [3.8, 4) is 0 Å². The lowest BCUT2D eigenvalue weighted by atomic mass is 9.87. The van der Waals surface area contributed by atoms with Crippen molar-refractivity contribution in [3.63, 3.8) is 0 Å². The Balaban J connectivity index is 1.31. The first-order chi connectivity index (χ1) is 11.7. The zero-order valence-electron chi connectivity index (χ0n) is 13.4. The Morgan fingerprint density at radius 3 is 2.54 bits per heavy atom.